The van der Waals surface area contributed by atoms with Gasteiger partial charge in [-0.2, -0.15) is 0 Å². The van der Waals surface area contributed by atoms with Gasteiger partial charge in [0.2, 0.25) is 11.8 Å². The van der Waals surface area contributed by atoms with E-state index in [1.807, 2.05) is 17.9 Å². The molecule has 1 N–H and O–H groups in total. The number of methoxy groups -OCH3 is 1. The summed E-state index contributed by atoms with van der Waals surface area (Å²) in [7, 11) is 1.72. The number of anilines is 1. The number of carbonyl (C=O) groups excluding carboxylic acids is 2. The molecule has 2 amide bonds. The van der Waals surface area contributed by atoms with Crippen LogP contribution >= 0.6 is 23.2 Å². The Hall–Kier alpha value is -2.32. The number of likely N-dealkylation sites (tertiary alicyclic amines) is 1. The summed E-state index contributed by atoms with van der Waals surface area (Å²) >= 11 is 12.5. The van der Waals surface area contributed by atoms with Crippen LogP contribution in [-0.2, 0) is 27.3 Å². The minimum atomic E-state index is -0.556. The summed E-state index contributed by atoms with van der Waals surface area (Å²) in [5, 5.41) is 4.54. The third-order valence-corrected chi connectivity index (χ3v) is 7.86. The molecular formula is C28H36Cl2N4O3. The quantitative estimate of drug-likeness (QED) is 0.488. The van der Waals surface area contributed by atoms with Crippen molar-refractivity contribution in [1.29, 1.82) is 0 Å². The number of carbonyl (C=O) groups is 2. The Morgan fingerprint density at radius 2 is 1.81 bits per heavy atom. The van der Waals surface area contributed by atoms with Crippen LogP contribution in [0.25, 0.3) is 0 Å². The summed E-state index contributed by atoms with van der Waals surface area (Å²) in [5.41, 5.74) is 3.24. The standard InChI is InChI=1S/C28H36Cl2N4O3/c1-20(37-2)18-31-19-22-6-3-4-7-25(22)32-12-14-33(15-13-32)28(36)26(34-11-5-8-27(34)35)16-21-9-10-23(29)17-24(21)30/h3-4,6-7,9-10,17,20,26,31H,5,8,11-16,18-19H2,1-2H3. The SMILES string of the molecule is COC(C)CNCc1ccccc1N1CCN(C(=O)C(Cc2ccc(Cl)cc2Cl)N2CCCC2=O)CC1. The molecule has 37 heavy (non-hydrogen) atoms. The van der Waals surface area contributed by atoms with Gasteiger partial charge in [-0.15, -0.1) is 0 Å². The van der Waals surface area contributed by atoms with Crippen LogP contribution < -0.4 is 10.2 Å². The zero-order valence-corrected chi connectivity index (χ0v) is 23.1. The molecule has 2 atom stereocenters. The van der Waals surface area contributed by atoms with E-state index >= 15 is 0 Å². The maximum atomic E-state index is 13.8. The van der Waals surface area contributed by atoms with Crippen molar-refractivity contribution in [3.63, 3.8) is 0 Å². The Balaban J connectivity index is 1.43. The number of halogens is 2. The summed E-state index contributed by atoms with van der Waals surface area (Å²) in [4.78, 5) is 32.4. The molecule has 0 radical (unpaired) electrons. The number of rotatable bonds is 10. The van der Waals surface area contributed by atoms with Crippen molar-refractivity contribution in [1.82, 2.24) is 15.1 Å². The van der Waals surface area contributed by atoms with Crippen molar-refractivity contribution >= 4 is 40.7 Å². The van der Waals surface area contributed by atoms with E-state index in [4.69, 9.17) is 27.9 Å². The largest absolute Gasteiger partial charge is 0.380 e. The second kappa shape index (κ2) is 13.0. The molecule has 2 saturated heterocycles. The van der Waals surface area contributed by atoms with Crippen LogP contribution in [0, 0.1) is 0 Å². The average molecular weight is 548 g/mol. The van der Waals surface area contributed by atoms with E-state index in [9.17, 15) is 9.59 Å². The molecule has 9 heteroatoms. The zero-order chi connectivity index (χ0) is 26.4. The fourth-order valence-corrected chi connectivity index (χ4v) is 5.55. The molecule has 0 bridgehead atoms. The van der Waals surface area contributed by atoms with Crippen molar-refractivity contribution in [2.24, 2.45) is 0 Å². The van der Waals surface area contributed by atoms with Gasteiger partial charge in [0, 0.05) is 81.5 Å². The molecule has 7 nitrogen and oxygen atoms in total. The van der Waals surface area contributed by atoms with Gasteiger partial charge >= 0.3 is 0 Å². The molecule has 2 fully saturated rings. The summed E-state index contributed by atoms with van der Waals surface area (Å²) in [5.74, 6) is 0.0238. The topological polar surface area (TPSA) is 65.1 Å². The van der Waals surface area contributed by atoms with Crippen LogP contribution in [0.5, 0.6) is 0 Å². The van der Waals surface area contributed by atoms with Crippen molar-refractivity contribution in [3.8, 4) is 0 Å². The fraction of sp³-hybridized carbons (Fsp3) is 0.500. The minimum Gasteiger partial charge on any atom is -0.380 e. The Morgan fingerprint density at radius 1 is 1.05 bits per heavy atom. The van der Waals surface area contributed by atoms with Gasteiger partial charge in [-0.05, 0) is 42.7 Å². The van der Waals surface area contributed by atoms with Gasteiger partial charge in [0.1, 0.15) is 6.04 Å². The number of ether oxygens (including phenoxy) is 1. The molecule has 2 aliphatic heterocycles. The molecule has 4 rings (SSSR count). The van der Waals surface area contributed by atoms with Crippen LogP contribution in [0.15, 0.2) is 42.5 Å². The first-order valence-electron chi connectivity index (χ1n) is 13.0. The van der Waals surface area contributed by atoms with Crippen molar-refractivity contribution < 1.29 is 14.3 Å². The number of para-hydroxylation sites is 1. The van der Waals surface area contributed by atoms with E-state index in [1.165, 1.54) is 11.3 Å². The summed E-state index contributed by atoms with van der Waals surface area (Å²) in [6.07, 6.45) is 1.80. The predicted molar refractivity (Wildman–Crippen MR) is 148 cm³/mol. The Morgan fingerprint density at radius 3 is 2.49 bits per heavy atom. The molecule has 0 saturated carbocycles. The lowest BCUT2D eigenvalue weighted by Crippen LogP contribution is -2.56. The monoisotopic (exact) mass is 546 g/mol. The third-order valence-electron chi connectivity index (χ3n) is 7.27. The number of nitrogens with zero attached hydrogens (tertiary/aromatic N) is 3. The number of nitrogens with one attached hydrogen (secondary N) is 1. The lowest BCUT2D eigenvalue weighted by Gasteiger charge is -2.40. The van der Waals surface area contributed by atoms with Gasteiger partial charge in [0.05, 0.1) is 6.10 Å². The first-order valence-corrected chi connectivity index (χ1v) is 13.7. The smallest absolute Gasteiger partial charge is 0.245 e. The average Bonchev–Trinajstić information content (AvgIpc) is 3.33. The maximum Gasteiger partial charge on any atom is 0.245 e. The van der Waals surface area contributed by atoms with Gasteiger partial charge < -0.3 is 24.8 Å². The van der Waals surface area contributed by atoms with E-state index in [1.54, 1.807) is 24.1 Å². The maximum absolute atomic E-state index is 13.8. The first kappa shape index (κ1) is 27.7. The van der Waals surface area contributed by atoms with Crippen LogP contribution in [0.3, 0.4) is 0 Å². The van der Waals surface area contributed by atoms with E-state index in [0.717, 1.165) is 38.2 Å². The molecule has 2 unspecified atom stereocenters. The molecule has 2 heterocycles. The molecule has 2 aromatic rings. The van der Waals surface area contributed by atoms with Crippen molar-refractivity contribution in [3.05, 3.63) is 63.6 Å². The normalized spacial score (nSPS) is 17.8. The Kier molecular flexibility index (Phi) is 9.71. The van der Waals surface area contributed by atoms with Gasteiger partial charge in [0.25, 0.3) is 0 Å². The molecular weight excluding hydrogens is 511 g/mol. The van der Waals surface area contributed by atoms with Gasteiger partial charge in [-0.25, -0.2) is 0 Å². The van der Waals surface area contributed by atoms with E-state index in [0.29, 0.717) is 42.5 Å². The molecule has 200 valence electrons. The lowest BCUT2D eigenvalue weighted by molar-refractivity contribution is -0.143. The van der Waals surface area contributed by atoms with E-state index < -0.39 is 6.04 Å². The third kappa shape index (κ3) is 6.96. The number of amides is 2. The first-order chi connectivity index (χ1) is 17.9. The van der Waals surface area contributed by atoms with Crippen LogP contribution in [0.1, 0.15) is 30.9 Å². The fourth-order valence-electron chi connectivity index (χ4n) is 5.07. The molecule has 2 aromatic carbocycles. The molecule has 0 spiro atoms. The van der Waals surface area contributed by atoms with Crippen LogP contribution in [0.2, 0.25) is 10.0 Å². The highest BCUT2D eigenvalue weighted by Gasteiger charge is 2.36. The molecule has 0 aliphatic carbocycles. The minimum absolute atomic E-state index is 0.00979. The highest BCUT2D eigenvalue weighted by molar-refractivity contribution is 6.35. The number of benzene rings is 2. The summed E-state index contributed by atoms with van der Waals surface area (Å²) in [6.45, 7) is 6.86. The van der Waals surface area contributed by atoms with E-state index in [-0.39, 0.29) is 17.9 Å². The second-order valence-corrected chi connectivity index (χ2v) is 10.6. The summed E-state index contributed by atoms with van der Waals surface area (Å²) < 4.78 is 5.33. The highest BCUT2D eigenvalue weighted by Crippen LogP contribution is 2.27. The number of hydrogen-bond donors (Lipinski definition) is 1. The van der Waals surface area contributed by atoms with Gasteiger partial charge in [0.15, 0.2) is 0 Å². The lowest BCUT2D eigenvalue weighted by atomic mass is 10.0. The zero-order valence-electron chi connectivity index (χ0n) is 21.6. The van der Waals surface area contributed by atoms with Crippen molar-refractivity contribution in [2.75, 3.05) is 51.3 Å². The van der Waals surface area contributed by atoms with Crippen LogP contribution in [0.4, 0.5) is 5.69 Å². The number of piperazine rings is 1. The molecule has 2 aliphatic rings. The van der Waals surface area contributed by atoms with Crippen molar-refractivity contribution in [2.45, 2.75) is 44.9 Å². The Labute approximate surface area is 229 Å². The van der Waals surface area contributed by atoms with Gasteiger partial charge in [-0.3, -0.25) is 9.59 Å². The predicted octanol–water partition coefficient (Wildman–Crippen LogP) is 4.00. The van der Waals surface area contributed by atoms with Crippen LogP contribution in [-0.4, -0.2) is 80.1 Å². The van der Waals surface area contributed by atoms with Gasteiger partial charge in [-0.1, -0.05) is 47.5 Å². The van der Waals surface area contributed by atoms with E-state index in [2.05, 4.69) is 34.5 Å². The summed E-state index contributed by atoms with van der Waals surface area (Å²) in [6, 6.07) is 13.1. The molecule has 0 aromatic heterocycles. The second-order valence-electron chi connectivity index (χ2n) is 9.76. The highest BCUT2D eigenvalue weighted by atomic mass is 35.5. The Bertz CT molecular complexity index is 1090. The number of hydrogen-bond acceptors (Lipinski definition) is 5.